The SMILES string of the molecule is Cc1cc(N)nc(-c2nc3c4c(nc(OC[C@@]56CCCN5C[C@H](F)C6)nc4c2F)N2C[C@H]4CC[C@H](N4)[C@@H]2CC3)c1C(F)(F)F. The van der Waals surface area contributed by atoms with E-state index in [1.807, 2.05) is 0 Å². The monoisotopic (exact) mass is 616 g/mol. The van der Waals surface area contributed by atoms with E-state index in [9.17, 15) is 17.6 Å². The van der Waals surface area contributed by atoms with Crippen molar-refractivity contribution in [2.75, 3.05) is 36.9 Å². The van der Waals surface area contributed by atoms with Gasteiger partial charge in [0.1, 0.15) is 41.3 Å². The number of piperazine rings is 1. The lowest BCUT2D eigenvalue weighted by Gasteiger charge is -2.41. The summed E-state index contributed by atoms with van der Waals surface area (Å²) >= 11 is 0. The normalized spacial score (nSPS) is 29.6. The smallest absolute Gasteiger partial charge is 0.418 e. The van der Waals surface area contributed by atoms with Gasteiger partial charge in [-0.1, -0.05) is 0 Å². The van der Waals surface area contributed by atoms with Gasteiger partial charge in [0.25, 0.3) is 0 Å². The van der Waals surface area contributed by atoms with Gasteiger partial charge in [0.2, 0.25) is 0 Å². The molecule has 3 N–H and O–H groups in total. The molecule has 0 saturated carbocycles. The highest BCUT2D eigenvalue weighted by Gasteiger charge is 2.50. The number of alkyl halides is 4. The van der Waals surface area contributed by atoms with E-state index in [0.717, 1.165) is 38.3 Å². The lowest BCUT2D eigenvalue weighted by Crippen LogP contribution is -2.58. The number of nitrogens with one attached hydrogen (secondary N) is 1. The average Bonchev–Trinajstić information content (AvgIpc) is 3.59. The van der Waals surface area contributed by atoms with Crippen molar-refractivity contribution in [3.8, 4) is 17.4 Å². The molecule has 5 aliphatic heterocycles. The standard InChI is InChI=1S/C30H33F5N8O/c1-14-9-20(36)39-25(22(14)30(33,34)35)26-23(32)24-21-18(38-26)5-6-19-17-4-3-16(37-17)12-43(19)27(21)41-28(40-24)44-13-29-7-2-8-42(29)11-15(31)10-29/h9,15-17,19,37H,2-8,10-13H2,1H3,(H2,36,39)/t15-,16-,17+,19+,29+/m1/s1. The fourth-order valence-electron chi connectivity index (χ4n) is 8.46. The molecule has 44 heavy (non-hydrogen) atoms. The van der Waals surface area contributed by atoms with E-state index < -0.39 is 40.7 Å². The average molecular weight is 617 g/mol. The second kappa shape index (κ2) is 9.80. The summed E-state index contributed by atoms with van der Waals surface area (Å²) < 4.78 is 80.2. The summed E-state index contributed by atoms with van der Waals surface area (Å²) in [5.41, 5.74) is 3.14. The van der Waals surface area contributed by atoms with E-state index >= 15 is 4.39 Å². The van der Waals surface area contributed by atoms with Crippen LogP contribution in [0.15, 0.2) is 6.07 Å². The van der Waals surface area contributed by atoms with Gasteiger partial charge in [0, 0.05) is 37.6 Å². The number of aromatic nitrogens is 4. The van der Waals surface area contributed by atoms with Crippen LogP contribution in [0.4, 0.5) is 33.6 Å². The van der Waals surface area contributed by atoms with E-state index in [0.29, 0.717) is 49.2 Å². The summed E-state index contributed by atoms with van der Waals surface area (Å²) in [4.78, 5) is 22.0. The second-order valence-corrected chi connectivity index (χ2v) is 13.0. The number of nitrogens with zero attached hydrogens (tertiary/aromatic N) is 6. The third kappa shape index (κ3) is 4.31. The molecule has 14 heteroatoms. The highest BCUT2D eigenvalue weighted by Crippen LogP contribution is 2.45. The molecule has 5 aliphatic rings. The zero-order valence-electron chi connectivity index (χ0n) is 24.2. The number of hydrogen-bond donors (Lipinski definition) is 2. The molecule has 3 aromatic heterocycles. The van der Waals surface area contributed by atoms with Crippen LogP contribution in [0.3, 0.4) is 0 Å². The van der Waals surface area contributed by atoms with Crippen LogP contribution in [0, 0.1) is 12.7 Å². The Balaban J connectivity index is 1.31. The Morgan fingerprint density at radius 3 is 2.77 bits per heavy atom. The van der Waals surface area contributed by atoms with Gasteiger partial charge in [-0.05, 0) is 63.6 Å². The predicted octanol–water partition coefficient (Wildman–Crippen LogP) is 4.35. The summed E-state index contributed by atoms with van der Waals surface area (Å²) in [6.07, 6.45) is -0.715. The molecule has 0 radical (unpaired) electrons. The summed E-state index contributed by atoms with van der Waals surface area (Å²) in [5.74, 6) is -0.739. The van der Waals surface area contributed by atoms with Crippen LogP contribution in [-0.2, 0) is 12.6 Å². The molecule has 4 fully saturated rings. The first-order valence-electron chi connectivity index (χ1n) is 15.3. The van der Waals surface area contributed by atoms with Crippen molar-refractivity contribution < 1.29 is 26.7 Å². The van der Waals surface area contributed by atoms with Crippen LogP contribution in [0.1, 0.15) is 55.3 Å². The Bertz CT molecular complexity index is 1670. The van der Waals surface area contributed by atoms with Gasteiger partial charge in [-0.25, -0.2) is 18.7 Å². The first kappa shape index (κ1) is 28.1. The van der Waals surface area contributed by atoms with Crippen molar-refractivity contribution in [1.82, 2.24) is 30.2 Å². The molecule has 8 heterocycles. The minimum absolute atomic E-state index is 0.0323. The molecule has 3 aromatic rings. The lowest BCUT2D eigenvalue weighted by molar-refractivity contribution is -0.137. The van der Waals surface area contributed by atoms with Gasteiger partial charge >= 0.3 is 12.2 Å². The number of fused-ring (bicyclic) bond motifs is 6. The fourth-order valence-corrected chi connectivity index (χ4v) is 8.46. The zero-order chi connectivity index (χ0) is 30.5. The molecular formula is C30H33F5N8O. The van der Waals surface area contributed by atoms with E-state index in [2.05, 4.69) is 30.1 Å². The number of nitrogen functional groups attached to an aromatic ring is 1. The van der Waals surface area contributed by atoms with Crippen LogP contribution >= 0.6 is 0 Å². The van der Waals surface area contributed by atoms with Crippen molar-refractivity contribution in [3.63, 3.8) is 0 Å². The molecule has 2 bridgehead atoms. The maximum Gasteiger partial charge on any atom is 0.418 e. The van der Waals surface area contributed by atoms with Crippen LogP contribution < -0.4 is 20.7 Å². The molecule has 234 valence electrons. The fraction of sp³-hybridized carbons (Fsp3) is 0.600. The topological polar surface area (TPSA) is 105 Å². The highest BCUT2D eigenvalue weighted by atomic mass is 19.4. The molecule has 5 atom stereocenters. The Morgan fingerprint density at radius 2 is 1.95 bits per heavy atom. The van der Waals surface area contributed by atoms with Crippen molar-refractivity contribution >= 4 is 22.5 Å². The van der Waals surface area contributed by atoms with Gasteiger partial charge in [0.05, 0.1) is 22.2 Å². The highest BCUT2D eigenvalue weighted by molar-refractivity contribution is 5.95. The first-order chi connectivity index (χ1) is 21.0. The number of rotatable bonds is 4. The second-order valence-electron chi connectivity index (χ2n) is 13.0. The minimum atomic E-state index is -4.82. The maximum atomic E-state index is 16.7. The van der Waals surface area contributed by atoms with Crippen molar-refractivity contribution in [1.29, 1.82) is 0 Å². The largest absolute Gasteiger partial charge is 0.461 e. The summed E-state index contributed by atoms with van der Waals surface area (Å²) in [6.45, 7) is 3.17. The lowest BCUT2D eigenvalue weighted by atomic mass is 9.95. The molecule has 9 nitrogen and oxygen atoms in total. The molecule has 0 amide bonds. The van der Waals surface area contributed by atoms with Crippen LogP contribution in [-0.4, -0.2) is 80.9 Å². The van der Waals surface area contributed by atoms with E-state index in [1.54, 1.807) is 0 Å². The number of pyridine rings is 2. The summed E-state index contributed by atoms with van der Waals surface area (Å²) in [7, 11) is 0. The third-order valence-corrected chi connectivity index (χ3v) is 10.3. The van der Waals surface area contributed by atoms with E-state index in [-0.39, 0.29) is 47.6 Å². The number of anilines is 2. The third-order valence-electron chi connectivity index (χ3n) is 10.3. The van der Waals surface area contributed by atoms with Crippen LogP contribution in [0.2, 0.25) is 0 Å². The van der Waals surface area contributed by atoms with Crippen molar-refractivity contribution in [2.24, 2.45) is 0 Å². The quantitative estimate of drug-likeness (QED) is 0.414. The van der Waals surface area contributed by atoms with E-state index in [1.165, 1.54) is 6.92 Å². The van der Waals surface area contributed by atoms with Crippen LogP contribution in [0.5, 0.6) is 6.01 Å². The zero-order valence-corrected chi connectivity index (χ0v) is 24.2. The number of hydrogen-bond acceptors (Lipinski definition) is 9. The molecule has 0 spiro atoms. The Labute approximate surface area is 250 Å². The molecule has 4 saturated heterocycles. The number of ether oxygens (including phenoxy) is 1. The minimum Gasteiger partial charge on any atom is -0.461 e. The summed E-state index contributed by atoms with van der Waals surface area (Å²) in [5, 5.41) is 4.04. The number of halogens is 5. The number of aryl methyl sites for hydroxylation is 2. The van der Waals surface area contributed by atoms with Gasteiger partial charge < -0.3 is 20.7 Å². The Kier molecular flexibility index (Phi) is 6.26. The van der Waals surface area contributed by atoms with E-state index in [4.69, 9.17) is 15.5 Å². The number of nitrogens with two attached hydrogens (primary N) is 1. The maximum absolute atomic E-state index is 16.7. The summed E-state index contributed by atoms with van der Waals surface area (Å²) in [6, 6.07) is 1.50. The molecule has 8 rings (SSSR count). The van der Waals surface area contributed by atoms with Gasteiger partial charge in [-0.15, -0.1) is 0 Å². The van der Waals surface area contributed by atoms with Gasteiger partial charge in [-0.2, -0.15) is 23.1 Å². The molecule has 0 aromatic carbocycles. The van der Waals surface area contributed by atoms with Crippen LogP contribution in [0.25, 0.3) is 22.3 Å². The van der Waals surface area contributed by atoms with Crippen molar-refractivity contribution in [3.05, 3.63) is 28.7 Å². The van der Waals surface area contributed by atoms with Gasteiger partial charge in [0.15, 0.2) is 5.82 Å². The first-order valence-corrected chi connectivity index (χ1v) is 15.3. The Hall–Kier alpha value is -3.39. The predicted molar refractivity (Wildman–Crippen MR) is 153 cm³/mol. The molecule has 0 unspecified atom stereocenters. The Morgan fingerprint density at radius 1 is 1.11 bits per heavy atom. The van der Waals surface area contributed by atoms with Crippen molar-refractivity contribution in [2.45, 2.75) is 87.9 Å². The molecular weight excluding hydrogens is 583 g/mol. The molecule has 0 aliphatic carbocycles. The van der Waals surface area contributed by atoms with Gasteiger partial charge in [-0.3, -0.25) is 4.90 Å².